The number of hydrogen-bond acceptors (Lipinski definition) is 4. The maximum atomic E-state index is 11.8. The van der Waals surface area contributed by atoms with Gasteiger partial charge >= 0.3 is 0 Å². The molecule has 0 saturated carbocycles. The highest BCUT2D eigenvalue weighted by Gasteiger charge is 2.06. The molecule has 1 aromatic carbocycles. The second-order valence-corrected chi connectivity index (χ2v) is 5.46. The molecule has 0 aliphatic carbocycles. The van der Waals surface area contributed by atoms with Crippen LogP contribution in [0.4, 0.5) is 5.69 Å². The van der Waals surface area contributed by atoms with E-state index in [1.54, 1.807) is 6.92 Å². The van der Waals surface area contributed by atoms with Crippen molar-refractivity contribution >= 4 is 27.5 Å². The molecular weight excluding hydrogens is 322 g/mol. The van der Waals surface area contributed by atoms with E-state index >= 15 is 0 Å². The summed E-state index contributed by atoms with van der Waals surface area (Å²) in [5.41, 5.74) is 1.90. The molecule has 1 N–H and O–H groups in total. The molecule has 106 valence electrons. The first-order valence-corrected chi connectivity index (χ1v) is 7.19. The molecule has 2 rings (SSSR count). The molecular formula is C14H16BrN3O2. The largest absolute Gasteiger partial charge is 0.339 e. The van der Waals surface area contributed by atoms with Gasteiger partial charge < -0.3 is 9.84 Å². The number of nitrogens with one attached hydrogen (secondary N) is 1. The van der Waals surface area contributed by atoms with Gasteiger partial charge in [0.15, 0.2) is 5.82 Å². The Morgan fingerprint density at radius 3 is 2.85 bits per heavy atom. The summed E-state index contributed by atoms with van der Waals surface area (Å²) in [6, 6.07) is 5.73. The first-order valence-electron chi connectivity index (χ1n) is 6.40. The highest BCUT2D eigenvalue weighted by atomic mass is 79.9. The first kappa shape index (κ1) is 14.7. The minimum Gasteiger partial charge on any atom is -0.339 e. The lowest BCUT2D eigenvalue weighted by Gasteiger charge is -2.06. The fraction of sp³-hybridized carbons (Fsp3) is 0.357. The van der Waals surface area contributed by atoms with E-state index in [9.17, 15) is 4.79 Å². The van der Waals surface area contributed by atoms with Crippen LogP contribution in [0, 0.1) is 13.8 Å². The topological polar surface area (TPSA) is 68.0 Å². The van der Waals surface area contributed by atoms with Crippen molar-refractivity contribution in [3.63, 3.8) is 0 Å². The smallest absolute Gasteiger partial charge is 0.226 e. The second kappa shape index (κ2) is 6.65. The summed E-state index contributed by atoms with van der Waals surface area (Å²) >= 11 is 3.43. The van der Waals surface area contributed by atoms with Crippen molar-refractivity contribution in [2.24, 2.45) is 0 Å². The van der Waals surface area contributed by atoms with Crippen LogP contribution in [0.2, 0.25) is 0 Å². The second-order valence-electron chi connectivity index (χ2n) is 4.60. The molecule has 2 aromatic rings. The molecule has 1 aromatic heterocycles. The molecule has 0 atom stereocenters. The zero-order chi connectivity index (χ0) is 14.5. The third-order valence-corrected chi connectivity index (χ3v) is 3.70. The summed E-state index contributed by atoms with van der Waals surface area (Å²) in [5, 5.41) is 6.58. The van der Waals surface area contributed by atoms with Crippen molar-refractivity contribution in [3.8, 4) is 0 Å². The lowest BCUT2D eigenvalue weighted by molar-refractivity contribution is -0.116. The molecule has 0 fully saturated rings. The lowest BCUT2D eigenvalue weighted by Crippen LogP contribution is -2.11. The Kier molecular flexibility index (Phi) is 4.89. The predicted octanol–water partition coefficient (Wildman–Crippen LogP) is 3.41. The minimum atomic E-state index is -0.0111. The maximum Gasteiger partial charge on any atom is 0.226 e. The Morgan fingerprint density at radius 1 is 1.40 bits per heavy atom. The molecule has 0 aliphatic rings. The van der Waals surface area contributed by atoms with E-state index in [4.69, 9.17) is 4.52 Å². The van der Waals surface area contributed by atoms with Gasteiger partial charge in [-0.25, -0.2) is 0 Å². The third kappa shape index (κ3) is 4.16. The van der Waals surface area contributed by atoms with E-state index in [2.05, 4.69) is 31.4 Å². The van der Waals surface area contributed by atoms with Crippen LogP contribution in [-0.2, 0) is 11.2 Å². The lowest BCUT2D eigenvalue weighted by atomic mass is 10.2. The van der Waals surface area contributed by atoms with Crippen molar-refractivity contribution in [3.05, 3.63) is 40.0 Å². The molecule has 5 nitrogen and oxygen atoms in total. The fourth-order valence-electron chi connectivity index (χ4n) is 1.79. The number of benzene rings is 1. The van der Waals surface area contributed by atoms with Crippen molar-refractivity contribution in [2.45, 2.75) is 33.1 Å². The molecule has 20 heavy (non-hydrogen) atoms. The SMILES string of the molecule is Cc1noc(CCCC(=O)Nc2ccc(Br)c(C)c2)n1. The minimum absolute atomic E-state index is 0.0111. The number of rotatable bonds is 5. The Balaban J connectivity index is 1.79. The normalized spacial score (nSPS) is 10.6. The van der Waals surface area contributed by atoms with Crippen molar-refractivity contribution < 1.29 is 9.32 Å². The van der Waals surface area contributed by atoms with Crippen LogP contribution in [0.1, 0.15) is 30.1 Å². The van der Waals surface area contributed by atoms with E-state index < -0.39 is 0 Å². The molecule has 0 unspecified atom stereocenters. The van der Waals surface area contributed by atoms with Crippen LogP contribution in [0.5, 0.6) is 0 Å². The summed E-state index contributed by atoms with van der Waals surface area (Å²) < 4.78 is 6.03. The molecule has 1 amide bonds. The number of halogens is 1. The van der Waals surface area contributed by atoms with E-state index in [-0.39, 0.29) is 5.91 Å². The Labute approximate surface area is 125 Å². The fourth-order valence-corrected chi connectivity index (χ4v) is 2.03. The van der Waals surface area contributed by atoms with Gasteiger partial charge in [-0.15, -0.1) is 0 Å². The van der Waals surface area contributed by atoms with E-state index in [1.807, 2.05) is 25.1 Å². The zero-order valence-corrected chi connectivity index (χ0v) is 13.0. The molecule has 0 spiro atoms. The number of nitrogens with zero attached hydrogens (tertiary/aromatic N) is 2. The highest BCUT2D eigenvalue weighted by Crippen LogP contribution is 2.20. The highest BCUT2D eigenvalue weighted by molar-refractivity contribution is 9.10. The van der Waals surface area contributed by atoms with Crippen molar-refractivity contribution in [1.29, 1.82) is 0 Å². The van der Waals surface area contributed by atoms with E-state index in [0.717, 1.165) is 15.7 Å². The summed E-state index contributed by atoms with van der Waals surface area (Å²) in [4.78, 5) is 15.9. The monoisotopic (exact) mass is 337 g/mol. The number of anilines is 1. The molecule has 0 bridgehead atoms. The molecule has 0 radical (unpaired) electrons. The Morgan fingerprint density at radius 2 is 2.20 bits per heavy atom. The predicted molar refractivity (Wildman–Crippen MR) is 79.5 cm³/mol. The van der Waals surface area contributed by atoms with Crippen molar-refractivity contribution in [2.75, 3.05) is 5.32 Å². The van der Waals surface area contributed by atoms with Crippen LogP contribution in [-0.4, -0.2) is 16.0 Å². The van der Waals surface area contributed by atoms with E-state index in [0.29, 0.717) is 31.0 Å². The van der Waals surface area contributed by atoms with Gasteiger partial charge in [-0.3, -0.25) is 4.79 Å². The van der Waals surface area contributed by atoms with Crippen molar-refractivity contribution in [1.82, 2.24) is 10.1 Å². The number of carbonyl (C=O) groups excluding carboxylic acids is 1. The molecule has 0 saturated heterocycles. The number of aryl methyl sites for hydroxylation is 3. The molecule has 1 heterocycles. The summed E-state index contributed by atoms with van der Waals surface area (Å²) in [6.07, 6.45) is 1.73. The van der Waals surface area contributed by atoms with Gasteiger partial charge in [-0.1, -0.05) is 21.1 Å². The van der Waals surface area contributed by atoms with Gasteiger partial charge in [0.25, 0.3) is 0 Å². The average Bonchev–Trinajstić information content (AvgIpc) is 2.80. The zero-order valence-electron chi connectivity index (χ0n) is 11.4. The summed E-state index contributed by atoms with van der Waals surface area (Å²) in [6.45, 7) is 3.76. The summed E-state index contributed by atoms with van der Waals surface area (Å²) in [7, 11) is 0. The van der Waals surface area contributed by atoms with Gasteiger partial charge in [0.05, 0.1) is 0 Å². The summed E-state index contributed by atoms with van der Waals surface area (Å²) in [5.74, 6) is 1.19. The Bertz CT molecular complexity index is 610. The van der Waals surface area contributed by atoms with Crippen LogP contribution >= 0.6 is 15.9 Å². The van der Waals surface area contributed by atoms with E-state index in [1.165, 1.54) is 0 Å². The average molecular weight is 338 g/mol. The third-order valence-electron chi connectivity index (χ3n) is 2.81. The number of carbonyl (C=O) groups is 1. The number of aromatic nitrogens is 2. The van der Waals surface area contributed by atoms with Crippen LogP contribution in [0.3, 0.4) is 0 Å². The van der Waals surface area contributed by atoms with Gasteiger partial charge in [-0.2, -0.15) is 4.98 Å². The maximum absolute atomic E-state index is 11.8. The number of amides is 1. The number of hydrogen-bond donors (Lipinski definition) is 1. The molecule has 0 aliphatic heterocycles. The molecule has 6 heteroatoms. The van der Waals surface area contributed by atoms with Crippen LogP contribution < -0.4 is 5.32 Å². The quantitative estimate of drug-likeness (QED) is 0.907. The van der Waals surface area contributed by atoms with Gasteiger partial charge in [0.1, 0.15) is 0 Å². The standard InChI is InChI=1S/C14H16BrN3O2/c1-9-8-11(6-7-12(9)15)17-13(19)4-3-5-14-16-10(2)18-20-14/h6-8H,3-5H2,1-2H3,(H,17,19). The van der Waals surface area contributed by atoms with Gasteiger partial charge in [0.2, 0.25) is 11.8 Å². The van der Waals surface area contributed by atoms with Gasteiger partial charge in [0, 0.05) is 23.0 Å². The van der Waals surface area contributed by atoms with Crippen LogP contribution in [0.15, 0.2) is 27.2 Å². The Hall–Kier alpha value is -1.69. The van der Waals surface area contributed by atoms with Gasteiger partial charge in [-0.05, 0) is 44.0 Å². The first-order chi connectivity index (χ1) is 9.54. The van der Waals surface area contributed by atoms with Crippen LogP contribution in [0.25, 0.3) is 0 Å².